The van der Waals surface area contributed by atoms with Crippen molar-refractivity contribution in [2.45, 2.75) is 25.6 Å². The quantitative estimate of drug-likeness (QED) is 0.805. The van der Waals surface area contributed by atoms with Crippen molar-refractivity contribution >= 4 is 7.12 Å². The van der Waals surface area contributed by atoms with Gasteiger partial charge in [-0.25, -0.2) is 0 Å². The number of hydrogen-bond acceptors (Lipinski definition) is 6. The van der Waals surface area contributed by atoms with E-state index >= 15 is 0 Å². The van der Waals surface area contributed by atoms with Crippen LogP contribution in [0.15, 0.2) is 30.3 Å². The van der Waals surface area contributed by atoms with Crippen LogP contribution < -0.4 is 9.47 Å². The largest absolute Gasteiger partial charge is 0.493 e. The fraction of sp³-hybridized carbons (Fsp3) is 0.368. The van der Waals surface area contributed by atoms with E-state index in [-0.39, 0.29) is 5.92 Å². The number of rotatable bonds is 6. The molecule has 1 saturated heterocycles. The topological polar surface area (TPSA) is 84.6 Å². The molecule has 6 nitrogen and oxygen atoms in total. The molecule has 3 rings (SSSR count). The Hall–Kier alpha value is -2.56. The molecule has 0 spiro atoms. The van der Waals surface area contributed by atoms with Gasteiger partial charge in [0.1, 0.15) is 11.6 Å². The van der Waals surface area contributed by atoms with Gasteiger partial charge in [0.15, 0.2) is 11.5 Å². The Labute approximate surface area is 153 Å². The average molecular weight is 352 g/mol. The van der Waals surface area contributed by atoms with Gasteiger partial charge in [-0.1, -0.05) is 13.0 Å². The normalized spacial score (nSPS) is 16.4. The second-order valence-electron chi connectivity index (χ2n) is 6.15. The second-order valence-corrected chi connectivity index (χ2v) is 6.15. The Kier molecular flexibility index (Phi) is 5.76. The van der Waals surface area contributed by atoms with Gasteiger partial charge in [0, 0.05) is 23.8 Å². The van der Waals surface area contributed by atoms with Crippen LogP contribution in [-0.4, -0.2) is 37.4 Å². The summed E-state index contributed by atoms with van der Waals surface area (Å²) in [6.45, 7) is 2.95. The summed E-state index contributed by atoms with van der Waals surface area (Å²) in [7, 11) is 0.814. The summed E-state index contributed by atoms with van der Waals surface area (Å²) in [5.74, 6) is 1.02. The Balaban J connectivity index is 2.02. The second kappa shape index (κ2) is 8.22. The van der Waals surface area contributed by atoms with Crippen molar-refractivity contribution in [1.29, 1.82) is 5.26 Å². The first-order valence-electron chi connectivity index (χ1n) is 8.68. The highest BCUT2D eigenvalue weighted by Gasteiger charge is 2.30. The number of methoxy groups -OCH3 is 1. The van der Waals surface area contributed by atoms with Crippen molar-refractivity contribution in [2.24, 2.45) is 0 Å². The molecule has 26 heavy (non-hydrogen) atoms. The highest BCUT2D eigenvalue weighted by molar-refractivity contribution is 6.43. The van der Waals surface area contributed by atoms with Gasteiger partial charge >= 0.3 is 7.12 Å². The number of pyridine rings is 1. The Morgan fingerprint density at radius 2 is 2.23 bits per heavy atom. The molecule has 134 valence electrons. The predicted molar refractivity (Wildman–Crippen MR) is 98.2 cm³/mol. The zero-order valence-corrected chi connectivity index (χ0v) is 14.9. The zero-order chi connectivity index (χ0) is 18.5. The highest BCUT2D eigenvalue weighted by atomic mass is 16.5. The summed E-state index contributed by atoms with van der Waals surface area (Å²) in [6, 6.07) is 11.5. The van der Waals surface area contributed by atoms with E-state index in [1.165, 1.54) is 0 Å². The van der Waals surface area contributed by atoms with Crippen LogP contribution in [-0.2, 0) is 4.65 Å². The first kappa shape index (κ1) is 18.2. The van der Waals surface area contributed by atoms with E-state index in [0.717, 1.165) is 12.1 Å². The lowest BCUT2D eigenvalue weighted by Gasteiger charge is -2.15. The number of aromatic nitrogens is 1. The van der Waals surface area contributed by atoms with Crippen LogP contribution in [0.1, 0.15) is 30.5 Å². The van der Waals surface area contributed by atoms with Crippen molar-refractivity contribution in [3.05, 3.63) is 41.6 Å². The molecular weight excluding hydrogens is 331 g/mol. The maximum absolute atomic E-state index is 9.73. The lowest BCUT2D eigenvalue weighted by molar-refractivity contribution is 0.291. The van der Waals surface area contributed by atoms with Crippen LogP contribution in [0, 0.1) is 11.3 Å². The van der Waals surface area contributed by atoms with Crippen LogP contribution >= 0.6 is 0 Å². The molecular formula is C19H21BN2O4. The lowest BCUT2D eigenvalue weighted by Crippen LogP contribution is -2.08. The number of nitrogens with zero attached hydrogens (tertiary/aromatic N) is 2. The van der Waals surface area contributed by atoms with Crippen LogP contribution in [0.25, 0.3) is 11.3 Å². The van der Waals surface area contributed by atoms with Crippen LogP contribution in [0.2, 0.25) is 6.32 Å². The molecule has 1 atom stereocenters. The minimum atomic E-state index is -0.741. The Morgan fingerprint density at radius 3 is 2.88 bits per heavy atom. The van der Waals surface area contributed by atoms with Crippen molar-refractivity contribution in [2.75, 3.05) is 20.3 Å². The summed E-state index contributed by atoms with van der Waals surface area (Å²) in [5, 5.41) is 19.3. The molecule has 0 aliphatic carbocycles. The van der Waals surface area contributed by atoms with E-state index < -0.39 is 7.12 Å². The van der Waals surface area contributed by atoms with E-state index in [1.54, 1.807) is 13.2 Å². The molecule has 0 bridgehead atoms. The maximum Gasteiger partial charge on any atom is 0.454 e. The number of nitriles is 1. The molecule has 1 aliphatic rings. The number of ether oxygens (including phenoxy) is 2. The van der Waals surface area contributed by atoms with Gasteiger partial charge in [-0.2, -0.15) is 5.26 Å². The van der Waals surface area contributed by atoms with Crippen molar-refractivity contribution in [3.8, 4) is 28.8 Å². The summed E-state index contributed by atoms with van der Waals surface area (Å²) in [5.41, 5.74) is 2.63. The van der Waals surface area contributed by atoms with Gasteiger partial charge in [0.25, 0.3) is 0 Å². The van der Waals surface area contributed by atoms with E-state index in [1.807, 2.05) is 31.2 Å². The molecule has 0 radical (unpaired) electrons. The maximum atomic E-state index is 9.73. The van der Waals surface area contributed by atoms with Crippen LogP contribution in [0.5, 0.6) is 11.5 Å². The fourth-order valence-corrected chi connectivity index (χ4v) is 3.04. The molecule has 1 aromatic heterocycles. The SMILES string of the molecule is CCCOc1c(OC)ccc(-c2cccc([C@H]3COB(O)C3)n2)c1C#N. The molecule has 2 heterocycles. The first-order valence-corrected chi connectivity index (χ1v) is 8.68. The smallest absolute Gasteiger partial charge is 0.454 e. The minimum Gasteiger partial charge on any atom is -0.493 e. The molecule has 1 fully saturated rings. The number of hydrogen-bond donors (Lipinski definition) is 1. The van der Waals surface area contributed by atoms with Gasteiger partial charge in [0.2, 0.25) is 0 Å². The molecule has 2 aromatic rings. The molecule has 7 heteroatoms. The van der Waals surface area contributed by atoms with E-state index in [9.17, 15) is 10.3 Å². The Bertz CT molecular complexity index is 822. The van der Waals surface area contributed by atoms with E-state index in [2.05, 4.69) is 6.07 Å². The van der Waals surface area contributed by atoms with Crippen molar-refractivity contribution in [3.63, 3.8) is 0 Å². The summed E-state index contributed by atoms with van der Waals surface area (Å²) >= 11 is 0. The fourth-order valence-electron chi connectivity index (χ4n) is 3.04. The van der Waals surface area contributed by atoms with Gasteiger partial charge in [-0.05, 0) is 37.0 Å². The monoisotopic (exact) mass is 352 g/mol. The van der Waals surface area contributed by atoms with Gasteiger partial charge < -0.3 is 19.2 Å². The molecule has 0 amide bonds. The third-order valence-electron chi connectivity index (χ3n) is 4.34. The van der Waals surface area contributed by atoms with Crippen LogP contribution in [0.4, 0.5) is 0 Å². The molecule has 0 unspecified atom stereocenters. The van der Waals surface area contributed by atoms with E-state index in [4.69, 9.17) is 19.1 Å². The van der Waals surface area contributed by atoms with Crippen molar-refractivity contribution in [1.82, 2.24) is 4.98 Å². The Morgan fingerprint density at radius 1 is 1.38 bits per heavy atom. The van der Waals surface area contributed by atoms with Crippen molar-refractivity contribution < 1.29 is 19.2 Å². The summed E-state index contributed by atoms with van der Waals surface area (Å²) in [4.78, 5) is 4.71. The standard InChI is InChI=1S/C19H21BN2O4/c1-3-9-25-19-15(11-21)14(7-8-18(19)24-2)17-6-4-5-16(22-17)13-10-20(23)26-12-13/h4-8,13,23H,3,9-10,12H2,1-2H3/t13-/m1/s1. The average Bonchev–Trinajstić information content (AvgIpc) is 3.12. The molecule has 1 aliphatic heterocycles. The van der Waals surface area contributed by atoms with Gasteiger partial charge in [-0.3, -0.25) is 4.98 Å². The molecule has 0 saturated carbocycles. The lowest BCUT2D eigenvalue weighted by atomic mass is 9.81. The highest BCUT2D eigenvalue weighted by Crippen LogP contribution is 2.38. The predicted octanol–water partition coefficient (Wildman–Crippen LogP) is 3.01. The van der Waals surface area contributed by atoms with E-state index in [0.29, 0.717) is 47.9 Å². The zero-order valence-electron chi connectivity index (χ0n) is 14.9. The molecule has 1 aromatic carbocycles. The van der Waals surface area contributed by atoms with Crippen LogP contribution in [0.3, 0.4) is 0 Å². The van der Waals surface area contributed by atoms with Gasteiger partial charge in [-0.15, -0.1) is 0 Å². The summed E-state index contributed by atoms with van der Waals surface area (Å²) < 4.78 is 16.4. The first-order chi connectivity index (χ1) is 12.7. The molecule has 1 N–H and O–H groups in total. The van der Waals surface area contributed by atoms with Gasteiger partial charge in [0.05, 0.1) is 19.4 Å². The minimum absolute atomic E-state index is 0.0459. The third kappa shape index (κ3) is 3.67. The summed E-state index contributed by atoms with van der Waals surface area (Å²) in [6.07, 6.45) is 1.35. The number of benzene rings is 1. The third-order valence-corrected chi connectivity index (χ3v) is 4.34.